The van der Waals surface area contributed by atoms with E-state index in [0.717, 1.165) is 17.7 Å². The van der Waals surface area contributed by atoms with Gasteiger partial charge in [-0.05, 0) is 0 Å². The molecule has 0 spiro atoms. The maximum Gasteiger partial charge on any atom is 0.269 e. The standard InChI is InChI=1S/C7H10N2O2/c1-9-7(10)5-2-3-11-4-6(5)8-9/h8H,2-4H2,1H3. The van der Waals surface area contributed by atoms with Crippen molar-refractivity contribution in [1.29, 1.82) is 0 Å². The van der Waals surface area contributed by atoms with E-state index in [1.165, 1.54) is 4.68 Å². The molecule has 11 heavy (non-hydrogen) atoms. The molecule has 0 fully saturated rings. The number of nitrogens with zero attached hydrogens (tertiary/aromatic N) is 1. The Labute approximate surface area is 63.8 Å². The summed E-state index contributed by atoms with van der Waals surface area (Å²) in [6.07, 6.45) is 0.742. The van der Waals surface area contributed by atoms with Crippen molar-refractivity contribution in [2.75, 3.05) is 6.61 Å². The van der Waals surface area contributed by atoms with Gasteiger partial charge in [-0.2, -0.15) is 0 Å². The normalized spacial score (nSPS) is 16.5. The van der Waals surface area contributed by atoms with Gasteiger partial charge in [0, 0.05) is 19.0 Å². The fraction of sp³-hybridized carbons (Fsp3) is 0.571. The van der Waals surface area contributed by atoms with E-state index in [4.69, 9.17) is 4.74 Å². The van der Waals surface area contributed by atoms with E-state index in [1.807, 2.05) is 0 Å². The van der Waals surface area contributed by atoms with Gasteiger partial charge in [0.25, 0.3) is 5.56 Å². The van der Waals surface area contributed by atoms with Gasteiger partial charge in [-0.1, -0.05) is 0 Å². The van der Waals surface area contributed by atoms with Gasteiger partial charge >= 0.3 is 0 Å². The zero-order valence-corrected chi connectivity index (χ0v) is 6.39. The fourth-order valence-electron chi connectivity index (χ4n) is 1.38. The third kappa shape index (κ3) is 0.903. The summed E-state index contributed by atoms with van der Waals surface area (Å²) in [7, 11) is 1.72. The molecule has 0 bridgehead atoms. The Bertz CT molecular complexity index is 324. The van der Waals surface area contributed by atoms with Crippen LogP contribution in [-0.4, -0.2) is 16.4 Å². The third-order valence-electron chi connectivity index (χ3n) is 1.97. The number of hydrogen-bond donors (Lipinski definition) is 1. The Morgan fingerprint density at radius 2 is 2.45 bits per heavy atom. The molecule has 0 saturated carbocycles. The number of rotatable bonds is 0. The summed E-state index contributed by atoms with van der Waals surface area (Å²) < 4.78 is 6.68. The number of nitrogens with one attached hydrogen (secondary N) is 1. The van der Waals surface area contributed by atoms with Crippen LogP contribution in [0.25, 0.3) is 0 Å². The number of fused-ring (bicyclic) bond motifs is 1. The van der Waals surface area contributed by atoms with Crippen LogP contribution in [0.5, 0.6) is 0 Å². The molecule has 0 unspecified atom stereocenters. The van der Waals surface area contributed by atoms with Crippen molar-refractivity contribution in [2.45, 2.75) is 13.0 Å². The molecule has 0 radical (unpaired) electrons. The molecule has 0 aromatic carbocycles. The topological polar surface area (TPSA) is 47.0 Å². The van der Waals surface area contributed by atoms with Crippen LogP contribution in [0.1, 0.15) is 11.3 Å². The largest absolute Gasteiger partial charge is 0.375 e. The van der Waals surface area contributed by atoms with E-state index in [2.05, 4.69) is 5.10 Å². The lowest BCUT2D eigenvalue weighted by molar-refractivity contribution is 0.108. The molecule has 0 aliphatic carbocycles. The van der Waals surface area contributed by atoms with Crippen LogP contribution in [0.4, 0.5) is 0 Å². The molecule has 2 heterocycles. The van der Waals surface area contributed by atoms with Gasteiger partial charge in [0.05, 0.1) is 18.9 Å². The summed E-state index contributed by atoms with van der Waals surface area (Å²) >= 11 is 0. The number of ether oxygens (including phenoxy) is 1. The molecule has 2 rings (SSSR count). The Morgan fingerprint density at radius 1 is 1.64 bits per heavy atom. The summed E-state index contributed by atoms with van der Waals surface area (Å²) in [5, 5.41) is 2.94. The molecule has 1 aliphatic rings. The third-order valence-corrected chi connectivity index (χ3v) is 1.97. The van der Waals surface area contributed by atoms with Gasteiger partial charge in [-0.25, -0.2) is 0 Å². The lowest BCUT2D eigenvalue weighted by Gasteiger charge is -2.08. The minimum absolute atomic E-state index is 0.0864. The maximum atomic E-state index is 11.3. The summed E-state index contributed by atoms with van der Waals surface area (Å²) in [6, 6.07) is 0. The van der Waals surface area contributed by atoms with E-state index in [9.17, 15) is 4.79 Å². The van der Waals surface area contributed by atoms with Crippen LogP contribution < -0.4 is 5.56 Å². The highest BCUT2D eigenvalue weighted by molar-refractivity contribution is 5.18. The Hall–Kier alpha value is -1.03. The first-order chi connectivity index (χ1) is 5.29. The van der Waals surface area contributed by atoms with Gasteiger partial charge in [0.2, 0.25) is 0 Å². The van der Waals surface area contributed by atoms with Crippen LogP contribution in [-0.2, 0) is 24.8 Å². The van der Waals surface area contributed by atoms with E-state index in [1.54, 1.807) is 7.05 Å². The Balaban J connectivity index is 2.59. The lowest BCUT2D eigenvalue weighted by Crippen LogP contribution is -2.18. The van der Waals surface area contributed by atoms with Crippen LogP contribution in [0.3, 0.4) is 0 Å². The first-order valence-corrected chi connectivity index (χ1v) is 3.63. The Kier molecular flexibility index (Phi) is 1.35. The second-order valence-corrected chi connectivity index (χ2v) is 2.74. The molecular weight excluding hydrogens is 144 g/mol. The smallest absolute Gasteiger partial charge is 0.269 e. The van der Waals surface area contributed by atoms with E-state index in [0.29, 0.717) is 13.2 Å². The van der Waals surface area contributed by atoms with E-state index < -0.39 is 0 Å². The monoisotopic (exact) mass is 154 g/mol. The highest BCUT2D eigenvalue weighted by atomic mass is 16.5. The zero-order chi connectivity index (χ0) is 7.84. The van der Waals surface area contributed by atoms with Crippen LogP contribution in [0.2, 0.25) is 0 Å². The molecule has 1 aliphatic heterocycles. The summed E-state index contributed by atoms with van der Waals surface area (Å²) in [6.45, 7) is 1.21. The molecule has 1 N–H and O–H groups in total. The molecular formula is C7H10N2O2. The summed E-state index contributed by atoms with van der Waals surface area (Å²) in [5.74, 6) is 0. The van der Waals surface area contributed by atoms with Crippen molar-refractivity contribution < 1.29 is 4.74 Å². The van der Waals surface area contributed by atoms with Crippen molar-refractivity contribution >= 4 is 0 Å². The molecule has 1 aromatic heterocycles. The average Bonchev–Trinajstić information content (AvgIpc) is 2.30. The van der Waals surface area contributed by atoms with Crippen molar-refractivity contribution in [3.63, 3.8) is 0 Å². The molecule has 0 saturated heterocycles. The quantitative estimate of drug-likeness (QED) is 0.562. The second-order valence-electron chi connectivity index (χ2n) is 2.74. The average molecular weight is 154 g/mol. The molecule has 60 valence electrons. The molecule has 1 aromatic rings. The lowest BCUT2D eigenvalue weighted by atomic mass is 10.1. The number of aromatic nitrogens is 2. The summed E-state index contributed by atoms with van der Waals surface area (Å²) in [5.41, 5.74) is 1.91. The van der Waals surface area contributed by atoms with E-state index >= 15 is 0 Å². The van der Waals surface area contributed by atoms with Crippen molar-refractivity contribution in [2.24, 2.45) is 7.05 Å². The SMILES string of the molecule is Cn1[nH]c2c(c1=O)CCOC2. The van der Waals surface area contributed by atoms with Crippen molar-refractivity contribution in [3.05, 3.63) is 21.6 Å². The first-order valence-electron chi connectivity index (χ1n) is 3.63. The predicted octanol–water partition coefficient (Wildman–Crippen LogP) is -0.214. The van der Waals surface area contributed by atoms with Crippen molar-refractivity contribution in [3.8, 4) is 0 Å². The molecule has 4 nitrogen and oxygen atoms in total. The van der Waals surface area contributed by atoms with Crippen LogP contribution in [0, 0.1) is 0 Å². The number of aryl methyl sites for hydroxylation is 1. The van der Waals surface area contributed by atoms with Crippen LogP contribution >= 0.6 is 0 Å². The number of H-pyrrole nitrogens is 1. The predicted molar refractivity (Wildman–Crippen MR) is 39.4 cm³/mol. The highest BCUT2D eigenvalue weighted by Crippen LogP contribution is 2.09. The van der Waals surface area contributed by atoms with Crippen molar-refractivity contribution in [1.82, 2.24) is 9.78 Å². The van der Waals surface area contributed by atoms with Gasteiger partial charge in [-0.3, -0.25) is 14.6 Å². The molecule has 4 heteroatoms. The van der Waals surface area contributed by atoms with Gasteiger partial charge in [0.15, 0.2) is 0 Å². The second kappa shape index (κ2) is 2.23. The first kappa shape index (κ1) is 6.67. The Morgan fingerprint density at radius 3 is 3.18 bits per heavy atom. The zero-order valence-electron chi connectivity index (χ0n) is 6.39. The fourth-order valence-corrected chi connectivity index (χ4v) is 1.38. The number of hydrogen-bond acceptors (Lipinski definition) is 2. The summed E-state index contributed by atoms with van der Waals surface area (Å²) in [4.78, 5) is 11.3. The minimum atomic E-state index is 0.0864. The van der Waals surface area contributed by atoms with E-state index in [-0.39, 0.29) is 5.56 Å². The highest BCUT2D eigenvalue weighted by Gasteiger charge is 2.15. The van der Waals surface area contributed by atoms with Gasteiger partial charge in [-0.15, -0.1) is 0 Å². The molecule has 0 atom stereocenters. The van der Waals surface area contributed by atoms with Gasteiger partial charge in [0.1, 0.15) is 0 Å². The maximum absolute atomic E-state index is 11.3. The van der Waals surface area contributed by atoms with Gasteiger partial charge < -0.3 is 4.74 Å². The molecule has 0 amide bonds. The number of aromatic amines is 1. The van der Waals surface area contributed by atoms with Crippen LogP contribution in [0.15, 0.2) is 4.79 Å². The minimum Gasteiger partial charge on any atom is -0.375 e.